The highest BCUT2D eigenvalue weighted by molar-refractivity contribution is 6.08. The number of benzene rings is 1. The normalized spacial score (nSPS) is 19.0. The molecule has 1 aromatic heterocycles. The van der Waals surface area contributed by atoms with Crippen molar-refractivity contribution in [2.45, 2.75) is 26.2 Å². The first-order valence-corrected chi connectivity index (χ1v) is 8.36. The first-order chi connectivity index (χ1) is 11.2. The second-order valence-electron chi connectivity index (χ2n) is 6.44. The number of methoxy groups -OCH3 is 1. The molecule has 122 valence electrons. The van der Waals surface area contributed by atoms with Crippen LogP contribution in [0.4, 0.5) is 0 Å². The van der Waals surface area contributed by atoms with Gasteiger partial charge in [-0.25, -0.2) is 0 Å². The van der Waals surface area contributed by atoms with Crippen LogP contribution in [0.3, 0.4) is 0 Å². The number of nitrogens with zero attached hydrogens (tertiary/aromatic N) is 2. The number of likely N-dealkylation sites (tertiary alicyclic amines) is 1. The summed E-state index contributed by atoms with van der Waals surface area (Å²) in [6.45, 7) is 5.36. The molecule has 2 heterocycles. The number of piperidine rings is 1. The fourth-order valence-corrected chi connectivity index (χ4v) is 3.44. The predicted molar refractivity (Wildman–Crippen MR) is 92.1 cm³/mol. The van der Waals surface area contributed by atoms with Crippen LogP contribution in [0.1, 0.15) is 36.5 Å². The Morgan fingerprint density at radius 3 is 3.04 bits per heavy atom. The molecule has 1 aromatic carbocycles. The van der Waals surface area contributed by atoms with Crippen molar-refractivity contribution in [3.63, 3.8) is 0 Å². The average molecular weight is 312 g/mol. The van der Waals surface area contributed by atoms with E-state index in [-0.39, 0.29) is 5.78 Å². The van der Waals surface area contributed by atoms with Gasteiger partial charge in [-0.3, -0.25) is 9.78 Å². The zero-order chi connectivity index (χ0) is 16.2. The van der Waals surface area contributed by atoms with Crippen LogP contribution in [0, 0.1) is 5.92 Å². The lowest BCUT2D eigenvalue weighted by molar-refractivity contribution is 0.0950. The molecule has 0 saturated carbocycles. The molecule has 0 spiro atoms. The van der Waals surface area contributed by atoms with E-state index in [1.807, 2.05) is 24.3 Å². The predicted octanol–water partition coefficient (Wildman–Crippen LogP) is 3.55. The molecule has 0 N–H and O–H groups in total. The molecular formula is C19H24N2O2. The summed E-state index contributed by atoms with van der Waals surface area (Å²) < 4.78 is 5.35. The van der Waals surface area contributed by atoms with Crippen LogP contribution in [-0.2, 0) is 0 Å². The largest absolute Gasteiger partial charge is 0.494 e. The summed E-state index contributed by atoms with van der Waals surface area (Å²) in [4.78, 5) is 19.5. The van der Waals surface area contributed by atoms with Crippen LogP contribution >= 0.6 is 0 Å². The molecular weight excluding hydrogens is 288 g/mol. The van der Waals surface area contributed by atoms with Gasteiger partial charge in [0, 0.05) is 36.7 Å². The van der Waals surface area contributed by atoms with E-state index in [1.54, 1.807) is 13.3 Å². The molecule has 3 rings (SSSR count). The summed E-state index contributed by atoms with van der Waals surface area (Å²) in [5.74, 6) is 1.63. The highest BCUT2D eigenvalue weighted by Crippen LogP contribution is 2.27. The van der Waals surface area contributed by atoms with Crippen molar-refractivity contribution in [2.75, 3.05) is 26.7 Å². The van der Waals surface area contributed by atoms with Crippen LogP contribution in [0.15, 0.2) is 30.5 Å². The minimum Gasteiger partial charge on any atom is -0.494 e. The topological polar surface area (TPSA) is 42.4 Å². The minimum atomic E-state index is 0.184. The van der Waals surface area contributed by atoms with Gasteiger partial charge in [0.05, 0.1) is 7.11 Å². The Labute approximate surface area is 137 Å². The van der Waals surface area contributed by atoms with Crippen molar-refractivity contribution in [2.24, 2.45) is 5.92 Å². The lowest BCUT2D eigenvalue weighted by Crippen LogP contribution is -2.35. The molecule has 0 radical (unpaired) electrons. The highest BCUT2D eigenvalue weighted by atomic mass is 16.5. The number of carbonyl (C=O) groups excluding carboxylic acids is 1. The number of carbonyl (C=O) groups is 1. The van der Waals surface area contributed by atoms with Gasteiger partial charge in [0.25, 0.3) is 0 Å². The number of fused-ring (bicyclic) bond motifs is 1. The molecule has 1 atom stereocenters. The van der Waals surface area contributed by atoms with E-state index in [0.717, 1.165) is 42.0 Å². The zero-order valence-corrected chi connectivity index (χ0v) is 13.9. The van der Waals surface area contributed by atoms with Crippen LogP contribution < -0.4 is 4.74 Å². The molecule has 0 aliphatic carbocycles. The Morgan fingerprint density at radius 1 is 1.39 bits per heavy atom. The Balaban J connectivity index is 1.76. The number of pyridine rings is 1. The van der Waals surface area contributed by atoms with Crippen LogP contribution in [0.5, 0.6) is 5.75 Å². The van der Waals surface area contributed by atoms with E-state index in [9.17, 15) is 4.79 Å². The number of Topliss-reactive ketones (excluding diaryl/α,β-unsaturated/α-hetero) is 1. The molecule has 1 aliphatic heterocycles. The third-order valence-electron chi connectivity index (χ3n) is 4.65. The molecule has 4 heteroatoms. The van der Waals surface area contributed by atoms with Crippen molar-refractivity contribution >= 4 is 16.7 Å². The van der Waals surface area contributed by atoms with Gasteiger partial charge in [-0.1, -0.05) is 13.0 Å². The molecule has 0 bridgehead atoms. The van der Waals surface area contributed by atoms with E-state index in [4.69, 9.17) is 4.74 Å². The van der Waals surface area contributed by atoms with Gasteiger partial charge < -0.3 is 9.64 Å². The summed E-state index contributed by atoms with van der Waals surface area (Å²) >= 11 is 0. The lowest BCUT2D eigenvalue weighted by atomic mass is 9.98. The van der Waals surface area contributed by atoms with Crippen LogP contribution in [0.2, 0.25) is 0 Å². The molecule has 1 unspecified atom stereocenters. The lowest BCUT2D eigenvalue weighted by Gasteiger charge is -2.30. The van der Waals surface area contributed by atoms with E-state index in [1.165, 1.54) is 12.8 Å². The van der Waals surface area contributed by atoms with Gasteiger partial charge >= 0.3 is 0 Å². The molecule has 4 nitrogen and oxygen atoms in total. The highest BCUT2D eigenvalue weighted by Gasteiger charge is 2.18. The van der Waals surface area contributed by atoms with Crippen molar-refractivity contribution in [1.82, 2.24) is 9.88 Å². The number of aromatic nitrogens is 1. The number of ketones is 1. The summed E-state index contributed by atoms with van der Waals surface area (Å²) in [5, 5.41) is 0.879. The third-order valence-corrected chi connectivity index (χ3v) is 4.65. The van der Waals surface area contributed by atoms with Gasteiger partial charge in [-0.2, -0.15) is 0 Å². The maximum absolute atomic E-state index is 12.7. The molecule has 1 fully saturated rings. The average Bonchev–Trinajstić information content (AvgIpc) is 2.58. The Morgan fingerprint density at radius 2 is 2.26 bits per heavy atom. The number of ether oxygens (including phenoxy) is 1. The van der Waals surface area contributed by atoms with Crippen LogP contribution in [0.25, 0.3) is 10.9 Å². The van der Waals surface area contributed by atoms with Crippen molar-refractivity contribution in [1.29, 1.82) is 0 Å². The number of rotatable bonds is 5. The fourth-order valence-electron chi connectivity index (χ4n) is 3.44. The van der Waals surface area contributed by atoms with Gasteiger partial charge in [0.1, 0.15) is 11.3 Å². The van der Waals surface area contributed by atoms with Gasteiger partial charge in [-0.05, 0) is 43.5 Å². The minimum absolute atomic E-state index is 0.184. The third kappa shape index (κ3) is 3.53. The smallest absolute Gasteiger partial charge is 0.164 e. The first kappa shape index (κ1) is 15.9. The molecule has 0 amide bonds. The van der Waals surface area contributed by atoms with E-state index in [2.05, 4.69) is 16.8 Å². The van der Waals surface area contributed by atoms with E-state index in [0.29, 0.717) is 12.2 Å². The summed E-state index contributed by atoms with van der Waals surface area (Å²) in [7, 11) is 1.63. The maximum Gasteiger partial charge on any atom is 0.164 e. The number of hydrogen-bond donors (Lipinski definition) is 0. The first-order valence-electron chi connectivity index (χ1n) is 8.36. The Hall–Kier alpha value is -1.94. The van der Waals surface area contributed by atoms with Gasteiger partial charge in [0.15, 0.2) is 5.78 Å². The summed E-state index contributed by atoms with van der Waals surface area (Å²) in [6.07, 6.45) is 4.83. The molecule has 23 heavy (non-hydrogen) atoms. The fraction of sp³-hybridized carbons (Fsp3) is 0.474. The zero-order valence-electron chi connectivity index (χ0n) is 13.9. The molecule has 2 aromatic rings. The number of hydrogen-bond acceptors (Lipinski definition) is 4. The Bertz CT molecular complexity index is 699. The van der Waals surface area contributed by atoms with Crippen molar-refractivity contribution in [3.8, 4) is 5.75 Å². The monoisotopic (exact) mass is 312 g/mol. The van der Waals surface area contributed by atoms with Crippen LogP contribution in [-0.4, -0.2) is 42.4 Å². The van der Waals surface area contributed by atoms with Crippen molar-refractivity contribution in [3.05, 3.63) is 36.0 Å². The maximum atomic E-state index is 12.7. The Kier molecular flexibility index (Phi) is 4.91. The van der Waals surface area contributed by atoms with E-state index < -0.39 is 0 Å². The second-order valence-corrected chi connectivity index (χ2v) is 6.44. The SMILES string of the molecule is COc1ccc(C(=O)CCN2CCCC(C)C2)c2cccnc12. The molecule has 1 saturated heterocycles. The quantitative estimate of drug-likeness (QED) is 0.792. The molecule has 1 aliphatic rings. The van der Waals surface area contributed by atoms with E-state index >= 15 is 0 Å². The van der Waals surface area contributed by atoms with Crippen molar-refractivity contribution < 1.29 is 9.53 Å². The summed E-state index contributed by atoms with van der Waals surface area (Å²) in [5.41, 5.74) is 1.51. The standard InChI is InChI=1S/C19H24N2O2/c1-14-5-4-11-21(13-14)12-9-17(22)15-7-8-18(23-2)19-16(15)6-3-10-20-19/h3,6-8,10,14H,4-5,9,11-13H2,1-2H3. The van der Waals surface area contributed by atoms with Gasteiger partial charge in [0.2, 0.25) is 0 Å². The summed E-state index contributed by atoms with van der Waals surface area (Å²) in [6, 6.07) is 7.52. The second kappa shape index (κ2) is 7.09. The van der Waals surface area contributed by atoms with Gasteiger partial charge in [-0.15, -0.1) is 0 Å².